The average Bonchev–Trinajstić information content (AvgIpc) is 3.14. The Bertz CT molecular complexity index is 972. The molecule has 1 aliphatic carbocycles. The smallest absolute Gasteiger partial charge is 0.234 e. The van der Waals surface area contributed by atoms with Crippen molar-refractivity contribution in [2.75, 3.05) is 7.11 Å². The number of hydrogen-bond acceptors (Lipinski definition) is 4. The van der Waals surface area contributed by atoms with Gasteiger partial charge in [0.2, 0.25) is 5.88 Å². The predicted molar refractivity (Wildman–Crippen MR) is 108 cm³/mol. The third-order valence-electron chi connectivity index (χ3n) is 4.92. The summed E-state index contributed by atoms with van der Waals surface area (Å²) in [7, 11) is 1.64. The lowest BCUT2D eigenvalue weighted by molar-refractivity contribution is -0.121. The number of ketones is 1. The number of aromatic nitrogens is 2. The van der Waals surface area contributed by atoms with Crippen LogP contribution in [0, 0.1) is 0 Å². The van der Waals surface area contributed by atoms with E-state index in [1.165, 1.54) is 0 Å². The van der Waals surface area contributed by atoms with Crippen molar-refractivity contribution < 1.29 is 14.3 Å². The molecule has 1 heterocycles. The SMILES string of the molecule is COc1ccccc1-n1nc(OC2CCC(=O)CC2)cc1-c1ccc(Cl)cc1. The molecule has 2 aromatic carbocycles. The third-order valence-corrected chi connectivity index (χ3v) is 5.17. The molecular weight excluding hydrogens is 376 g/mol. The van der Waals surface area contributed by atoms with Crippen LogP contribution in [0.4, 0.5) is 0 Å². The van der Waals surface area contributed by atoms with Crippen LogP contribution in [0.25, 0.3) is 16.9 Å². The highest BCUT2D eigenvalue weighted by atomic mass is 35.5. The van der Waals surface area contributed by atoms with Gasteiger partial charge in [-0.1, -0.05) is 35.9 Å². The van der Waals surface area contributed by atoms with Crippen LogP contribution < -0.4 is 9.47 Å². The number of hydrogen-bond donors (Lipinski definition) is 0. The lowest BCUT2D eigenvalue weighted by Crippen LogP contribution is -2.24. The molecule has 5 nitrogen and oxygen atoms in total. The van der Waals surface area contributed by atoms with Crippen molar-refractivity contribution in [3.8, 4) is 28.6 Å². The summed E-state index contributed by atoms with van der Waals surface area (Å²) >= 11 is 6.05. The summed E-state index contributed by atoms with van der Waals surface area (Å²) in [5.74, 6) is 1.56. The van der Waals surface area contributed by atoms with E-state index in [1.807, 2.05) is 59.3 Å². The summed E-state index contributed by atoms with van der Waals surface area (Å²) in [5, 5.41) is 5.37. The van der Waals surface area contributed by atoms with E-state index < -0.39 is 0 Å². The van der Waals surface area contributed by atoms with Gasteiger partial charge in [0.25, 0.3) is 0 Å². The lowest BCUT2D eigenvalue weighted by atomic mass is 9.96. The number of para-hydroxylation sites is 2. The van der Waals surface area contributed by atoms with Gasteiger partial charge in [0.15, 0.2) is 0 Å². The Morgan fingerprint density at radius 2 is 1.79 bits per heavy atom. The monoisotopic (exact) mass is 396 g/mol. The molecule has 0 amide bonds. The van der Waals surface area contributed by atoms with Gasteiger partial charge in [0, 0.05) is 29.5 Å². The van der Waals surface area contributed by atoms with Gasteiger partial charge in [0.1, 0.15) is 23.3 Å². The Morgan fingerprint density at radius 1 is 1.07 bits per heavy atom. The fraction of sp³-hybridized carbons (Fsp3) is 0.273. The van der Waals surface area contributed by atoms with Crippen molar-refractivity contribution in [3.63, 3.8) is 0 Å². The Kier molecular flexibility index (Phi) is 5.35. The van der Waals surface area contributed by atoms with Crippen molar-refractivity contribution in [1.82, 2.24) is 9.78 Å². The van der Waals surface area contributed by atoms with Crippen LogP contribution in [-0.4, -0.2) is 28.8 Å². The summed E-state index contributed by atoms with van der Waals surface area (Å²) < 4.78 is 13.5. The van der Waals surface area contributed by atoms with Gasteiger partial charge >= 0.3 is 0 Å². The van der Waals surface area contributed by atoms with E-state index in [0.717, 1.165) is 35.5 Å². The zero-order chi connectivity index (χ0) is 19.5. The third kappa shape index (κ3) is 3.90. The average molecular weight is 397 g/mol. The molecule has 1 aromatic heterocycles. The molecular formula is C22H21ClN2O3. The first-order valence-corrected chi connectivity index (χ1v) is 9.69. The summed E-state index contributed by atoms with van der Waals surface area (Å²) in [6.07, 6.45) is 2.62. The largest absolute Gasteiger partial charge is 0.494 e. The molecule has 3 aromatic rings. The van der Waals surface area contributed by atoms with Gasteiger partial charge in [0.05, 0.1) is 12.8 Å². The second kappa shape index (κ2) is 8.07. The first kappa shape index (κ1) is 18.6. The van der Waals surface area contributed by atoms with E-state index in [-0.39, 0.29) is 6.10 Å². The quantitative estimate of drug-likeness (QED) is 0.602. The van der Waals surface area contributed by atoms with Crippen molar-refractivity contribution >= 4 is 17.4 Å². The van der Waals surface area contributed by atoms with Gasteiger partial charge in [-0.05, 0) is 37.1 Å². The minimum absolute atomic E-state index is 0.0109. The molecule has 4 rings (SSSR count). The number of halogens is 1. The summed E-state index contributed by atoms with van der Waals surface area (Å²) in [6.45, 7) is 0. The van der Waals surface area contributed by atoms with Gasteiger partial charge < -0.3 is 9.47 Å². The molecule has 28 heavy (non-hydrogen) atoms. The Morgan fingerprint density at radius 3 is 2.50 bits per heavy atom. The second-order valence-corrected chi connectivity index (χ2v) is 7.25. The molecule has 6 heteroatoms. The van der Waals surface area contributed by atoms with Gasteiger partial charge in [-0.25, -0.2) is 4.68 Å². The molecule has 0 radical (unpaired) electrons. The van der Waals surface area contributed by atoms with Crippen LogP contribution >= 0.6 is 11.6 Å². The molecule has 0 unspecified atom stereocenters. The van der Waals surface area contributed by atoms with Crippen molar-refractivity contribution in [1.29, 1.82) is 0 Å². The highest BCUT2D eigenvalue weighted by Crippen LogP contribution is 2.32. The molecule has 1 saturated carbocycles. The Hall–Kier alpha value is -2.79. The number of carbonyl (C=O) groups is 1. The fourth-order valence-corrected chi connectivity index (χ4v) is 3.56. The maximum absolute atomic E-state index is 11.5. The highest BCUT2D eigenvalue weighted by molar-refractivity contribution is 6.30. The van der Waals surface area contributed by atoms with Crippen molar-refractivity contribution in [2.24, 2.45) is 0 Å². The maximum atomic E-state index is 11.5. The molecule has 0 saturated heterocycles. The fourth-order valence-electron chi connectivity index (χ4n) is 3.43. The minimum Gasteiger partial charge on any atom is -0.494 e. The minimum atomic E-state index is 0.0109. The summed E-state index contributed by atoms with van der Waals surface area (Å²) in [5.41, 5.74) is 2.67. The standard InChI is InChI=1S/C22H21ClN2O3/c1-27-21-5-3-2-4-19(21)25-20(15-6-8-16(23)9-7-15)14-22(24-25)28-18-12-10-17(26)11-13-18/h2-9,14,18H,10-13H2,1H3. The number of nitrogens with zero attached hydrogens (tertiary/aromatic N) is 2. The van der Waals surface area contributed by atoms with Crippen molar-refractivity contribution in [2.45, 2.75) is 31.8 Å². The maximum Gasteiger partial charge on any atom is 0.234 e. The molecule has 1 fully saturated rings. The zero-order valence-corrected chi connectivity index (χ0v) is 16.4. The molecule has 0 atom stereocenters. The topological polar surface area (TPSA) is 53.4 Å². The second-order valence-electron chi connectivity index (χ2n) is 6.81. The lowest BCUT2D eigenvalue weighted by Gasteiger charge is -2.20. The van der Waals surface area contributed by atoms with Crippen LogP contribution in [0.3, 0.4) is 0 Å². The van der Waals surface area contributed by atoms with Crippen LogP contribution in [0.1, 0.15) is 25.7 Å². The first-order chi connectivity index (χ1) is 13.6. The number of benzene rings is 2. The van der Waals surface area contributed by atoms with Crippen LogP contribution in [0.5, 0.6) is 11.6 Å². The number of methoxy groups -OCH3 is 1. The molecule has 144 valence electrons. The number of rotatable bonds is 5. The molecule has 0 N–H and O–H groups in total. The van der Waals surface area contributed by atoms with Gasteiger partial charge in [-0.2, -0.15) is 0 Å². The van der Waals surface area contributed by atoms with Crippen molar-refractivity contribution in [3.05, 3.63) is 59.6 Å². The normalized spacial score (nSPS) is 14.9. The van der Waals surface area contributed by atoms with Gasteiger partial charge in [-0.15, -0.1) is 5.10 Å². The summed E-state index contributed by atoms with van der Waals surface area (Å²) in [4.78, 5) is 11.5. The van der Waals surface area contributed by atoms with Gasteiger partial charge in [-0.3, -0.25) is 4.79 Å². The highest BCUT2D eigenvalue weighted by Gasteiger charge is 2.22. The van der Waals surface area contributed by atoms with Crippen LogP contribution in [0.2, 0.25) is 5.02 Å². The predicted octanol–water partition coefficient (Wildman–Crippen LogP) is 5.09. The van der Waals surface area contributed by atoms with E-state index in [1.54, 1.807) is 7.11 Å². The molecule has 0 bridgehead atoms. The molecule has 0 aliphatic heterocycles. The Labute approximate surface area is 168 Å². The van der Waals surface area contributed by atoms with E-state index >= 15 is 0 Å². The Balaban J connectivity index is 1.73. The first-order valence-electron chi connectivity index (χ1n) is 9.32. The summed E-state index contributed by atoms with van der Waals surface area (Å²) in [6, 6.07) is 17.2. The van der Waals surface area contributed by atoms with E-state index in [4.69, 9.17) is 26.2 Å². The van der Waals surface area contributed by atoms with Crippen LogP contribution in [0.15, 0.2) is 54.6 Å². The number of carbonyl (C=O) groups excluding carboxylic acids is 1. The zero-order valence-electron chi connectivity index (χ0n) is 15.6. The number of ether oxygens (including phenoxy) is 2. The van der Waals surface area contributed by atoms with E-state index in [9.17, 15) is 4.79 Å². The molecule has 1 aliphatic rings. The van der Waals surface area contributed by atoms with E-state index in [2.05, 4.69) is 0 Å². The molecule has 0 spiro atoms. The van der Waals surface area contributed by atoms with Crippen LogP contribution in [-0.2, 0) is 4.79 Å². The van der Waals surface area contributed by atoms with E-state index in [0.29, 0.717) is 29.5 Å². The number of Topliss-reactive ketones (excluding diaryl/α,β-unsaturated/α-hetero) is 1.